The number of ether oxygens (including phenoxy) is 2. The highest BCUT2D eigenvalue weighted by Crippen LogP contribution is 2.30. The second kappa shape index (κ2) is 9.28. The van der Waals surface area contributed by atoms with E-state index in [0.29, 0.717) is 23.8 Å². The Morgan fingerprint density at radius 1 is 1.18 bits per heavy atom. The van der Waals surface area contributed by atoms with E-state index in [-0.39, 0.29) is 24.3 Å². The van der Waals surface area contributed by atoms with E-state index in [4.69, 9.17) is 15.2 Å². The number of carbonyl (C=O) groups is 2. The van der Waals surface area contributed by atoms with Crippen LogP contribution in [-0.4, -0.2) is 62.0 Å². The van der Waals surface area contributed by atoms with Gasteiger partial charge in [-0.15, -0.1) is 0 Å². The van der Waals surface area contributed by atoms with Gasteiger partial charge in [0.25, 0.3) is 0 Å². The molecule has 2 heterocycles. The largest absolute Gasteiger partial charge is 0.493 e. The molecule has 2 aliphatic heterocycles. The molecule has 2 saturated heterocycles. The van der Waals surface area contributed by atoms with Crippen molar-refractivity contribution in [1.82, 2.24) is 9.80 Å². The Hall–Kier alpha value is -2.28. The number of nitrogens with two attached hydrogens (primary N) is 1. The standard InChI is InChI=1S/C21H31N3O4/c1-27-18-6-5-16(12-19(18)28-2)17(22)13-21(26)23-10-7-15(8-11-23)14-24-9-3-4-20(24)25/h5-6,12,15,17H,3-4,7-11,13-14,22H2,1-2H3/t17-/m0/s1. The summed E-state index contributed by atoms with van der Waals surface area (Å²) in [6.07, 6.45) is 3.82. The van der Waals surface area contributed by atoms with Gasteiger partial charge < -0.3 is 25.0 Å². The van der Waals surface area contributed by atoms with Gasteiger partial charge in [-0.2, -0.15) is 0 Å². The van der Waals surface area contributed by atoms with Gasteiger partial charge in [-0.05, 0) is 42.9 Å². The number of hydrogen-bond donors (Lipinski definition) is 1. The Labute approximate surface area is 166 Å². The molecule has 1 aromatic rings. The molecular weight excluding hydrogens is 358 g/mol. The molecule has 2 N–H and O–H groups in total. The summed E-state index contributed by atoms with van der Waals surface area (Å²) in [5.74, 6) is 2.10. The zero-order chi connectivity index (χ0) is 20.1. The maximum Gasteiger partial charge on any atom is 0.224 e. The number of hydrogen-bond acceptors (Lipinski definition) is 5. The van der Waals surface area contributed by atoms with Gasteiger partial charge in [-0.25, -0.2) is 0 Å². The van der Waals surface area contributed by atoms with Crippen molar-refractivity contribution in [1.29, 1.82) is 0 Å². The molecule has 0 bridgehead atoms. The molecule has 0 spiro atoms. The van der Waals surface area contributed by atoms with E-state index in [1.807, 2.05) is 28.0 Å². The monoisotopic (exact) mass is 389 g/mol. The van der Waals surface area contributed by atoms with Crippen molar-refractivity contribution in [3.63, 3.8) is 0 Å². The predicted molar refractivity (Wildman–Crippen MR) is 106 cm³/mol. The SMILES string of the molecule is COc1ccc([C@@H](N)CC(=O)N2CCC(CN3CCCC3=O)CC2)cc1OC. The van der Waals surface area contributed by atoms with Crippen LogP contribution in [0.4, 0.5) is 0 Å². The number of rotatable bonds is 7. The minimum Gasteiger partial charge on any atom is -0.493 e. The topological polar surface area (TPSA) is 85.1 Å². The van der Waals surface area contributed by atoms with Gasteiger partial charge in [-0.3, -0.25) is 9.59 Å². The summed E-state index contributed by atoms with van der Waals surface area (Å²) in [6, 6.07) is 5.13. The van der Waals surface area contributed by atoms with Crippen molar-refractivity contribution in [3.8, 4) is 11.5 Å². The Morgan fingerprint density at radius 2 is 1.89 bits per heavy atom. The third kappa shape index (κ3) is 4.76. The van der Waals surface area contributed by atoms with Crippen molar-refractivity contribution in [3.05, 3.63) is 23.8 Å². The van der Waals surface area contributed by atoms with Crippen molar-refractivity contribution >= 4 is 11.8 Å². The van der Waals surface area contributed by atoms with Crippen LogP contribution in [0.15, 0.2) is 18.2 Å². The molecule has 0 saturated carbocycles. The molecule has 1 aromatic carbocycles. The van der Waals surface area contributed by atoms with Crippen LogP contribution in [0.2, 0.25) is 0 Å². The summed E-state index contributed by atoms with van der Waals surface area (Å²) in [5.41, 5.74) is 7.14. The van der Waals surface area contributed by atoms with Crippen LogP contribution >= 0.6 is 0 Å². The summed E-state index contributed by atoms with van der Waals surface area (Å²) >= 11 is 0. The fraction of sp³-hybridized carbons (Fsp3) is 0.619. The predicted octanol–water partition coefficient (Wildman–Crippen LogP) is 1.95. The number of piperidine rings is 1. The molecule has 3 rings (SSSR count). The van der Waals surface area contributed by atoms with Crippen LogP contribution in [0, 0.1) is 5.92 Å². The third-order valence-electron chi connectivity index (χ3n) is 5.85. The molecule has 7 heteroatoms. The van der Waals surface area contributed by atoms with Crippen LogP contribution in [0.3, 0.4) is 0 Å². The van der Waals surface area contributed by atoms with E-state index in [9.17, 15) is 9.59 Å². The number of benzene rings is 1. The molecule has 0 aromatic heterocycles. The lowest BCUT2D eigenvalue weighted by Gasteiger charge is -2.34. The molecule has 0 radical (unpaired) electrons. The molecule has 2 aliphatic rings. The molecule has 0 unspecified atom stereocenters. The lowest BCUT2D eigenvalue weighted by molar-refractivity contribution is -0.134. The lowest BCUT2D eigenvalue weighted by Crippen LogP contribution is -2.42. The van der Waals surface area contributed by atoms with Gasteiger partial charge >= 0.3 is 0 Å². The Balaban J connectivity index is 1.49. The number of likely N-dealkylation sites (tertiary alicyclic amines) is 2. The van der Waals surface area contributed by atoms with Crippen LogP contribution in [-0.2, 0) is 9.59 Å². The first-order valence-corrected chi connectivity index (χ1v) is 10.0. The molecule has 0 aliphatic carbocycles. The van der Waals surface area contributed by atoms with E-state index in [0.717, 1.165) is 51.0 Å². The smallest absolute Gasteiger partial charge is 0.224 e. The Morgan fingerprint density at radius 3 is 2.50 bits per heavy atom. The van der Waals surface area contributed by atoms with E-state index in [1.165, 1.54) is 0 Å². The number of nitrogens with zero attached hydrogens (tertiary/aromatic N) is 2. The van der Waals surface area contributed by atoms with Gasteiger partial charge in [-0.1, -0.05) is 6.07 Å². The van der Waals surface area contributed by atoms with Gasteiger partial charge in [0, 0.05) is 45.1 Å². The van der Waals surface area contributed by atoms with Gasteiger partial charge in [0.2, 0.25) is 11.8 Å². The summed E-state index contributed by atoms with van der Waals surface area (Å²) in [7, 11) is 3.17. The van der Waals surface area contributed by atoms with Crippen molar-refractivity contribution in [2.24, 2.45) is 11.7 Å². The molecule has 7 nitrogen and oxygen atoms in total. The first kappa shape index (κ1) is 20.5. The average Bonchev–Trinajstić information content (AvgIpc) is 3.12. The quantitative estimate of drug-likeness (QED) is 0.770. The summed E-state index contributed by atoms with van der Waals surface area (Å²) in [6.45, 7) is 3.21. The second-order valence-electron chi connectivity index (χ2n) is 7.69. The average molecular weight is 389 g/mol. The first-order chi connectivity index (χ1) is 13.5. The van der Waals surface area contributed by atoms with Crippen LogP contribution in [0.25, 0.3) is 0 Å². The maximum atomic E-state index is 12.7. The molecule has 2 amide bonds. The Kier molecular flexibility index (Phi) is 6.78. The van der Waals surface area contributed by atoms with Crippen molar-refractivity contribution < 1.29 is 19.1 Å². The summed E-state index contributed by atoms with van der Waals surface area (Å²) in [5, 5.41) is 0. The van der Waals surface area contributed by atoms with E-state index >= 15 is 0 Å². The summed E-state index contributed by atoms with van der Waals surface area (Å²) < 4.78 is 10.6. The van der Waals surface area contributed by atoms with E-state index < -0.39 is 0 Å². The van der Waals surface area contributed by atoms with Gasteiger partial charge in [0.05, 0.1) is 14.2 Å². The molecular formula is C21H31N3O4. The second-order valence-corrected chi connectivity index (χ2v) is 7.69. The van der Waals surface area contributed by atoms with Crippen molar-refractivity contribution in [2.45, 2.75) is 38.1 Å². The molecule has 2 fully saturated rings. The summed E-state index contributed by atoms with van der Waals surface area (Å²) in [4.78, 5) is 28.4. The fourth-order valence-electron chi connectivity index (χ4n) is 4.09. The van der Waals surface area contributed by atoms with Crippen LogP contribution in [0.1, 0.15) is 43.7 Å². The molecule has 28 heavy (non-hydrogen) atoms. The maximum absolute atomic E-state index is 12.7. The molecule has 1 atom stereocenters. The number of methoxy groups -OCH3 is 2. The number of amides is 2. The fourth-order valence-corrected chi connectivity index (χ4v) is 4.09. The van der Waals surface area contributed by atoms with Crippen molar-refractivity contribution in [2.75, 3.05) is 40.4 Å². The van der Waals surface area contributed by atoms with E-state index in [2.05, 4.69) is 0 Å². The Bertz CT molecular complexity index is 701. The molecule has 154 valence electrons. The van der Waals surface area contributed by atoms with Crippen LogP contribution in [0.5, 0.6) is 11.5 Å². The normalized spacial score (nSPS) is 19.0. The van der Waals surface area contributed by atoms with Gasteiger partial charge in [0.1, 0.15) is 0 Å². The zero-order valence-corrected chi connectivity index (χ0v) is 16.9. The van der Waals surface area contributed by atoms with E-state index in [1.54, 1.807) is 14.2 Å². The van der Waals surface area contributed by atoms with Gasteiger partial charge in [0.15, 0.2) is 11.5 Å². The number of carbonyl (C=O) groups excluding carboxylic acids is 2. The minimum absolute atomic E-state index is 0.0815. The van der Waals surface area contributed by atoms with Crippen LogP contribution < -0.4 is 15.2 Å². The first-order valence-electron chi connectivity index (χ1n) is 10.0. The third-order valence-corrected chi connectivity index (χ3v) is 5.85. The highest BCUT2D eigenvalue weighted by atomic mass is 16.5. The lowest BCUT2D eigenvalue weighted by atomic mass is 9.95. The minimum atomic E-state index is -0.382. The highest BCUT2D eigenvalue weighted by Gasteiger charge is 2.28. The zero-order valence-electron chi connectivity index (χ0n) is 16.9. The highest BCUT2D eigenvalue weighted by molar-refractivity contribution is 5.78.